The molecule has 1 heterocycles. The quantitative estimate of drug-likeness (QED) is 0.705. The summed E-state index contributed by atoms with van der Waals surface area (Å²) in [5.41, 5.74) is 0. The topological polar surface area (TPSA) is 61.4 Å². The Morgan fingerprint density at radius 3 is 2.78 bits per heavy atom. The van der Waals surface area contributed by atoms with Gasteiger partial charge in [0.15, 0.2) is 0 Å². The summed E-state index contributed by atoms with van der Waals surface area (Å²) in [5, 5.41) is 15.8. The van der Waals surface area contributed by atoms with Gasteiger partial charge in [0, 0.05) is 18.6 Å². The van der Waals surface area contributed by atoms with Gasteiger partial charge in [-0.1, -0.05) is 19.8 Å². The molecule has 1 amide bonds. The number of hydrogen-bond acceptors (Lipinski definition) is 3. The highest BCUT2D eigenvalue weighted by Crippen LogP contribution is 2.24. The van der Waals surface area contributed by atoms with Gasteiger partial charge in [0.25, 0.3) is 0 Å². The van der Waals surface area contributed by atoms with E-state index in [2.05, 4.69) is 17.6 Å². The summed E-state index contributed by atoms with van der Waals surface area (Å²) < 4.78 is 0. The van der Waals surface area contributed by atoms with Crippen molar-refractivity contribution in [3.8, 4) is 0 Å². The fraction of sp³-hybridized carbons (Fsp3) is 0.929. The van der Waals surface area contributed by atoms with Crippen LogP contribution in [0.2, 0.25) is 0 Å². The van der Waals surface area contributed by atoms with Crippen molar-refractivity contribution >= 4 is 5.91 Å². The zero-order valence-electron chi connectivity index (χ0n) is 11.3. The molecule has 0 aromatic heterocycles. The number of carbonyl (C=O) groups excluding carboxylic acids is 1. The Balaban J connectivity index is 1.88. The third-order valence-corrected chi connectivity index (χ3v) is 4.52. The molecule has 4 nitrogen and oxygen atoms in total. The van der Waals surface area contributed by atoms with Crippen LogP contribution in [0.3, 0.4) is 0 Å². The van der Waals surface area contributed by atoms with Crippen LogP contribution in [0.15, 0.2) is 0 Å². The van der Waals surface area contributed by atoms with Crippen molar-refractivity contribution in [2.45, 2.75) is 57.5 Å². The molecule has 1 saturated carbocycles. The first-order valence-corrected chi connectivity index (χ1v) is 7.37. The van der Waals surface area contributed by atoms with Crippen LogP contribution >= 0.6 is 0 Å². The molecule has 4 unspecified atom stereocenters. The van der Waals surface area contributed by atoms with E-state index < -0.39 is 0 Å². The van der Waals surface area contributed by atoms with Crippen LogP contribution in [-0.2, 0) is 4.79 Å². The van der Waals surface area contributed by atoms with Crippen LogP contribution in [-0.4, -0.2) is 36.2 Å². The molecule has 3 N–H and O–H groups in total. The van der Waals surface area contributed by atoms with Crippen molar-refractivity contribution in [1.29, 1.82) is 0 Å². The maximum Gasteiger partial charge on any atom is 0.237 e. The second-order valence-corrected chi connectivity index (χ2v) is 5.89. The number of piperidine rings is 1. The predicted octanol–water partition coefficient (Wildman–Crippen LogP) is 1.04. The summed E-state index contributed by atoms with van der Waals surface area (Å²) in [5.74, 6) is 0.795. The minimum atomic E-state index is -0.0416. The maximum absolute atomic E-state index is 12.3. The van der Waals surface area contributed by atoms with Gasteiger partial charge in [-0.25, -0.2) is 0 Å². The summed E-state index contributed by atoms with van der Waals surface area (Å²) in [6, 6.07) is 0.132. The Kier molecular flexibility index (Phi) is 5.01. The molecule has 18 heavy (non-hydrogen) atoms. The second kappa shape index (κ2) is 6.53. The molecule has 4 atom stereocenters. The van der Waals surface area contributed by atoms with Gasteiger partial charge < -0.3 is 15.7 Å². The van der Waals surface area contributed by atoms with E-state index in [0.29, 0.717) is 5.92 Å². The van der Waals surface area contributed by atoms with Gasteiger partial charge in [-0.2, -0.15) is 0 Å². The zero-order valence-corrected chi connectivity index (χ0v) is 11.3. The SMILES string of the molecule is CC1CCCNC1C(=O)NC1CCCCC1CO. The Hall–Kier alpha value is -0.610. The van der Waals surface area contributed by atoms with Gasteiger partial charge in [-0.05, 0) is 38.1 Å². The molecular weight excluding hydrogens is 228 g/mol. The number of amides is 1. The van der Waals surface area contributed by atoms with E-state index in [1.54, 1.807) is 0 Å². The Labute approximate surface area is 110 Å². The molecule has 1 aliphatic carbocycles. The van der Waals surface area contributed by atoms with Crippen molar-refractivity contribution < 1.29 is 9.90 Å². The minimum absolute atomic E-state index is 0.0416. The lowest BCUT2D eigenvalue weighted by molar-refractivity contribution is -0.126. The van der Waals surface area contributed by atoms with Crippen molar-refractivity contribution in [3.05, 3.63) is 0 Å². The standard InChI is InChI=1S/C14H26N2O2/c1-10-5-4-8-15-13(10)14(18)16-12-7-3-2-6-11(12)9-17/h10-13,15,17H,2-9H2,1H3,(H,16,18). The predicted molar refractivity (Wildman–Crippen MR) is 71.2 cm³/mol. The minimum Gasteiger partial charge on any atom is -0.396 e. The van der Waals surface area contributed by atoms with E-state index in [9.17, 15) is 9.90 Å². The number of rotatable bonds is 3. The van der Waals surface area contributed by atoms with E-state index in [0.717, 1.165) is 38.6 Å². The van der Waals surface area contributed by atoms with E-state index >= 15 is 0 Å². The first-order valence-electron chi connectivity index (χ1n) is 7.37. The van der Waals surface area contributed by atoms with E-state index in [1.165, 1.54) is 6.42 Å². The van der Waals surface area contributed by atoms with Crippen molar-refractivity contribution in [2.24, 2.45) is 11.8 Å². The molecule has 0 radical (unpaired) electrons. The zero-order chi connectivity index (χ0) is 13.0. The lowest BCUT2D eigenvalue weighted by Gasteiger charge is -2.34. The molecule has 1 aliphatic heterocycles. The van der Waals surface area contributed by atoms with E-state index in [1.807, 2.05) is 0 Å². The largest absolute Gasteiger partial charge is 0.396 e. The molecule has 2 rings (SSSR count). The van der Waals surface area contributed by atoms with E-state index in [-0.39, 0.29) is 30.5 Å². The molecule has 2 fully saturated rings. The van der Waals surface area contributed by atoms with Crippen LogP contribution < -0.4 is 10.6 Å². The highest BCUT2D eigenvalue weighted by Gasteiger charge is 2.31. The molecule has 4 heteroatoms. The van der Waals surface area contributed by atoms with Crippen LogP contribution in [0.5, 0.6) is 0 Å². The Bertz CT molecular complexity index is 283. The first kappa shape index (κ1) is 13.8. The average Bonchev–Trinajstić information content (AvgIpc) is 2.39. The van der Waals surface area contributed by atoms with Gasteiger partial charge in [-0.15, -0.1) is 0 Å². The average molecular weight is 254 g/mol. The van der Waals surface area contributed by atoms with Crippen molar-refractivity contribution in [2.75, 3.05) is 13.2 Å². The molecular formula is C14H26N2O2. The van der Waals surface area contributed by atoms with Crippen molar-refractivity contribution in [1.82, 2.24) is 10.6 Å². The van der Waals surface area contributed by atoms with Crippen LogP contribution in [0.1, 0.15) is 45.4 Å². The molecule has 0 aromatic carbocycles. The number of carbonyl (C=O) groups is 1. The summed E-state index contributed by atoms with van der Waals surface area (Å²) in [4.78, 5) is 12.3. The van der Waals surface area contributed by atoms with Gasteiger partial charge in [0.05, 0.1) is 6.04 Å². The summed E-state index contributed by atoms with van der Waals surface area (Å²) in [7, 11) is 0. The summed E-state index contributed by atoms with van der Waals surface area (Å²) in [6.45, 7) is 3.27. The summed E-state index contributed by atoms with van der Waals surface area (Å²) >= 11 is 0. The smallest absolute Gasteiger partial charge is 0.237 e. The normalized spacial score (nSPS) is 37.2. The van der Waals surface area contributed by atoms with Crippen LogP contribution in [0.25, 0.3) is 0 Å². The second-order valence-electron chi connectivity index (χ2n) is 5.89. The number of aliphatic hydroxyl groups excluding tert-OH is 1. The van der Waals surface area contributed by atoms with Crippen LogP contribution in [0, 0.1) is 11.8 Å². The number of nitrogens with one attached hydrogen (secondary N) is 2. The fourth-order valence-electron chi connectivity index (χ4n) is 3.29. The third kappa shape index (κ3) is 3.23. The first-order chi connectivity index (χ1) is 8.72. The van der Waals surface area contributed by atoms with Gasteiger partial charge >= 0.3 is 0 Å². The summed E-state index contributed by atoms with van der Waals surface area (Å²) in [6.07, 6.45) is 6.67. The highest BCUT2D eigenvalue weighted by atomic mass is 16.3. The van der Waals surface area contributed by atoms with Gasteiger partial charge in [0.1, 0.15) is 0 Å². The van der Waals surface area contributed by atoms with Gasteiger partial charge in [-0.3, -0.25) is 4.79 Å². The highest BCUT2D eigenvalue weighted by molar-refractivity contribution is 5.82. The molecule has 0 spiro atoms. The Morgan fingerprint density at radius 2 is 2.06 bits per heavy atom. The van der Waals surface area contributed by atoms with Gasteiger partial charge in [0.2, 0.25) is 5.91 Å². The lowest BCUT2D eigenvalue weighted by Crippen LogP contribution is -2.55. The number of aliphatic hydroxyl groups is 1. The fourth-order valence-corrected chi connectivity index (χ4v) is 3.29. The number of hydrogen-bond donors (Lipinski definition) is 3. The molecule has 0 bridgehead atoms. The Morgan fingerprint density at radius 1 is 1.28 bits per heavy atom. The lowest BCUT2D eigenvalue weighted by atomic mass is 9.84. The monoisotopic (exact) mass is 254 g/mol. The van der Waals surface area contributed by atoms with E-state index in [4.69, 9.17) is 0 Å². The van der Waals surface area contributed by atoms with Crippen LogP contribution in [0.4, 0.5) is 0 Å². The molecule has 2 aliphatic rings. The third-order valence-electron chi connectivity index (χ3n) is 4.52. The van der Waals surface area contributed by atoms with Crippen molar-refractivity contribution in [3.63, 3.8) is 0 Å². The maximum atomic E-state index is 12.3. The molecule has 0 aromatic rings. The molecule has 104 valence electrons. The molecule has 1 saturated heterocycles.